The molecule has 0 bridgehead atoms. The Balaban J connectivity index is 2.26. The van der Waals surface area contributed by atoms with Gasteiger partial charge in [-0.15, -0.1) is 0 Å². The average molecular weight is 252 g/mol. The second-order valence-corrected chi connectivity index (χ2v) is 4.63. The smallest absolute Gasteiger partial charge is 0.119 e. The second kappa shape index (κ2) is 8.08. The number of nitrogens with one attached hydrogen (secondary N) is 1. The van der Waals surface area contributed by atoms with E-state index in [9.17, 15) is 5.11 Å². The summed E-state index contributed by atoms with van der Waals surface area (Å²) in [6.07, 6.45) is 0.425. The van der Waals surface area contributed by atoms with E-state index < -0.39 is 6.10 Å². The maximum Gasteiger partial charge on any atom is 0.119 e. The first-order valence-corrected chi connectivity index (χ1v) is 6.41. The highest BCUT2D eigenvalue weighted by Gasteiger charge is 2.05. The Bertz CT molecular complexity index is 335. The fourth-order valence-electron chi connectivity index (χ4n) is 1.76. The van der Waals surface area contributed by atoms with Crippen molar-refractivity contribution < 1.29 is 9.84 Å². The molecule has 0 amide bonds. The molecular formula is C14H24N2O2. The zero-order chi connectivity index (χ0) is 13.4. The van der Waals surface area contributed by atoms with Crippen LogP contribution in [-0.2, 0) is 0 Å². The van der Waals surface area contributed by atoms with Gasteiger partial charge in [-0.25, -0.2) is 0 Å². The number of nitrogens with two attached hydrogens (primary N) is 1. The predicted molar refractivity (Wildman–Crippen MR) is 74.0 cm³/mol. The molecule has 4 N–H and O–H groups in total. The molecule has 0 aliphatic heterocycles. The zero-order valence-electron chi connectivity index (χ0n) is 11.3. The third kappa shape index (κ3) is 6.00. The molecule has 4 nitrogen and oxygen atoms in total. The lowest BCUT2D eigenvalue weighted by atomic mass is 10.1. The first-order valence-electron chi connectivity index (χ1n) is 6.41. The molecule has 102 valence electrons. The molecule has 1 rings (SSSR count). The van der Waals surface area contributed by atoms with Crippen molar-refractivity contribution in [2.24, 2.45) is 5.73 Å². The first-order chi connectivity index (χ1) is 8.61. The van der Waals surface area contributed by atoms with Gasteiger partial charge in [0.2, 0.25) is 0 Å². The largest absolute Gasteiger partial charge is 0.491 e. The fraction of sp³-hybridized carbons (Fsp3) is 0.571. The maximum atomic E-state index is 9.73. The highest BCUT2D eigenvalue weighted by Crippen LogP contribution is 2.16. The molecule has 0 saturated heterocycles. The summed E-state index contributed by atoms with van der Waals surface area (Å²) >= 11 is 0. The molecule has 1 atom stereocenters. The lowest BCUT2D eigenvalue weighted by molar-refractivity contribution is 0.106. The Morgan fingerprint density at radius 3 is 2.56 bits per heavy atom. The molecule has 0 radical (unpaired) electrons. The predicted octanol–water partition coefficient (Wildman–Crippen LogP) is 0.982. The minimum atomic E-state index is -0.497. The molecule has 1 unspecified atom stereocenters. The van der Waals surface area contributed by atoms with Crippen LogP contribution in [0.25, 0.3) is 0 Å². The normalized spacial score (nSPS) is 12.4. The third-order valence-electron chi connectivity index (χ3n) is 2.58. The van der Waals surface area contributed by atoms with Gasteiger partial charge in [0.25, 0.3) is 0 Å². The van der Waals surface area contributed by atoms with Crippen LogP contribution in [0.5, 0.6) is 5.75 Å². The van der Waals surface area contributed by atoms with Crippen molar-refractivity contribution in [1.82, 2.24) is 5.32 Å². The Morgan fingerprint density at radius 2 is 1.94 bits per heavy atom. The maximum absolute atomic E-state index is 9.73. The van der Waals surface area contributed by atoms with Crippen LogP contribution >= 0.6 is 0 Å². The van der Waals surface area contributed by atoms with Gasteiger partial charge in [0.1, 0.15) is 18.5 Å². The number of aliphatic hydroxyl groups excluding tert-OH is 1. The van der Waals surface area contributed by atoms with E-state index in [1.165, 1.54) is 11.1 Å². The minimum absolute atomic E-state index is 0.304. The fourth-order valence-corrected chi connectivity index (χ4v) is 1.76. The molecule has 0 spiro atoms. The van der Waals surface area contributed by atoms with E-state index in [-0.39, 0.29) is 0 Å². The van der Waals surface area contributed by atoms with Crippen LogP contribution in [0, 0.1) is 13.8 Å². The molecule has 4 heteroatoms. The Morgan fingerprint density at radius 1 is 1.28 bits per heavy atom. The lowest BCUT2D eigenvalue weighted by Gasteiger charge is -2.14. The standard InChI is InChI=1S/C14H24N2O2/c1-11-6-12(2)8-14(7-11)18-10-13(17)9-16-5-3-4-15/h6-8,13,16-17H,3-5,9-10,15H2,1-2H3. The summed E-state index contributed by atoms with van der Waals surface area (Å²) < 4.78 is 5.57. The van der Waals surface area contributed by atoms with E-state index in [1.807, 2.05) is 26.0 Å². The number of hydrogen-bond donors (Lipinski definition) is 3. The van der Waals surface area contributed by atoms with Gasteiger partial charge < -0.3 is 20.9 Å². The topological polar surface area (TPSA) is 67.5 Å². The van der Waals surface area contributed by atoms with Crippen LogP contribution in [0.1, 0.15) is 17.5 Å². The summed E-state index contributed by atoms with van der Waals surface area (Å²) in [4.78, 5) is 0. The van der Waals surface area contributed by atoms with Gasteiger partial charge >= 0.3 is 0 Å². The van der Waals surface area contributed by atoms with E-state index in [1.54, 1.807) is 0 Å². The number of ether oxygens (including phenoxy) is 1. The van der Waals surface area contributed by atoms with Gasteiger partial charge in [0.05, 0.1) is 0 Å². The van der Waals surface area contributed by atoms with Crippen LogP contribution in [0.2, 0.25) is 0 Å². The number of rotatable bonds is 8. The molecule has 0 aromatic heterocycles. The number of aliphatic hydroxyl groups is 1. The summed E-state index contributed by atoms with van der Waals surface area (Å²) in [6.45, 7) is 6.40. The molecule has 0 fully saturated rings. The highest BCUT2D eigenvalue weighted by molar-refractivity contribution is 5.32. The van der Waals surface area contributed by atoms with Crippen molar-refractivity contribution >= 4 is 0 Å². The first kappa shape index (κ1) is 15.0. The molecule has 0 aliphatic carbocycles. The molecule has 0 aliphatic rings. The molecule has 1 aromatic carbocycles. The van der Waals surface area contributed by atoms with E-state index >= 15 is 0 Å². The average Bonchev–Trinajstić information content (AvgIpc) is 2.31. The van der Waals surface area contributed by atoms with E-state index in [0.29, 0.717) is 19.7 Å². The molecular weight excluding hydrogens is 228 g/mol. The quantitative estimate of drug-likeness (QED) is 0.603. The SMILES string of the molecule is Cc1cc(C)cc(OCC(O)CNCCCN)c1. The van der Waals surface area contributed by atoms with Crippen LogP contribution in [0.15, 0.2) is 18.2 Å². The monoisotopic (exact) mass is 252 g/mol. The highest BCUT2D eigenvalue weighted by atomic mass is 16.5. The van der Waals surface area contributed by atoms with Crippen LogP contribution in [0.3, 0.4) is 0 Å². The van der Waals surface area contributed by atoms with Crippen LogP contribution in [-0.4, -0.2) is 37.5 Å². The summed E-state index contributed by atoms with van der Waals surface area (Å²) in [5, 5.41) is 12.9. The Labute approximate surface area is 109 Å². The van der Waals surface area contributed by atoms with E-state index in [0.717, 1.165) is 18.7 Å². The zero-order valence-corrected chi connectivity index (χ0v) is 11.3. The van der Waals surface area contributed by atoms with Crippen LogP contribution in [0.4, 0.5) is 0 Å². The molecule has 0 heterocycles. The van der Waals surface area contributed by atoms with Gasteiger partial charge in [-0.2, -0.15) is 0 Å². The Hall–Kier alpha value is -1.10. The third-order valence-corrected chi connectivity index (χ3v) is 2.58. The lowest BCUT2D eigenvalue weighted by Crippen LogP contribution is -2.32. The van der Waals surface area contributed by atoms with Gasteiger partial charge in [-0.05, 0) is 56.6 Å². The molecule has 18 heavy (non-hydrogen) atoms. The van der Waals surface area contributed by atoms with Crippen molar-refractivity contribution in [1.29, 1.82) is 0 Å². The Kier molecular flexibility index (Phi) is 6.72. The summed E-state index contributed by atoms with van der Waals surface area (Å²) in [7, 11) is 0. The number of aryl methyl sites for hydroxylation is 2. The van der Waals surface area contributed by atoms with Crippen molar-refractivity contribution in [2.75, 3.05) is 26.2 Å². The van der Waals surface area contributed by atoms with Crippen molar-refractivity contribution in [3.63, 3.8) is 0 Å². The molecule has 1 aromatic rings. The summed E-state index contributed by atoms with van der Waals surface area (Å²) in [5.74, 6) is 0.813. The van der Waals surface area contributed by atoms with Gasteiger partial charge in [0.15, 0.2) is 0 Å². The number of hydrogen-bond acceptors (Lipinski definition) is 4. The van der Waals surface area contributed by atoms with Crippen LogP contribution < -0.4 is 15.8 Å². The second-order valence-electron chi connectivity index (χ2n) is 4.63. The van der Waals surface area contributed by atoms with Gasteiger partial charge in [0, 0.05) is 6.54 Å². The molecule has 0 saturated carbocycles. The number of benzene rings is 1. The van der Waals surface area contributed by atoms with Gasteiger partial charge in [-0.3, -0.25) is 0 Å². The van der Waals surface area contributed by atoms with Crippen molar-refractivity contribution in [3.05, 3.63) is 29.3 Å². The summed E-state index contributed by atoms with van der Waals surface area (Å²) in [5.41, 5.74) is 7.72. The van der Waals surface area contributed by atoms with E-state index in [4.69, 9.17) is 10.5 Å². The van der Waals surface area contributed by atoms with Crippen molar-refractivity contribution in [2.45, 2.75) is 26.4 Å². The van der Waals surface area contributed by atoms with E-state index in [2.05, 4.69) is 11.4 Å². The summed E-state index contributed by atoms with van der Waals surface area (Å²) in [6, 6.07) is 6.04. The van der Waals surface area contributed by atoms with Gasteiger partial charge in [-0.1, -0.05) is 6.07 Å². The van der Waals surface area contributed by atoms with Crippen molar-refractivity contribution in [3.8, 4) is 5.75 Å². The minimum Gasteiger partial charge on any atom is -0.491 e.